The Morgan fingerprint density at radius 2 is 1.75 bits per heavy atom. The second kappa shape index (κ2) is 9.82. The molecule has 0 amide bonds. The lowest BCUT2D eigenvalue weighted by molar-refractivity contribution is 0.162. The third-order valence-corrected chi connectivity index (χ3v) is 4.02. The Balaban J connectivity index is 2.52. The predicted octanol–water partition coefficient (Wildman–Crippen LogP) is 4.70. The Bertz CT molecular complexity index is 335. The van der Waals surface area contributed by atoms with Gasteiger partial charge < -0.3 is 4.74 Å². The van der Waals surface area contributed by atoms with E-state index in [1.807, 2.05) is 6.08 Å². The van der Waals surface area contributed by atoms with Gasteiger partial charge in [-0.15, -0.1) is 0 Å². The smallest absolute Gasteiger partial charge is 0.125 e. The first-order valence-electron chi connectivity index (χ1n) is 8.11. The fourth-order valence-electron chi connectivity index (χ4n) is 2.62. The summed E-state index contributed by atoms with van der Waals surface area (Å²) in [4.78, 5) is 2.53. The SMILES string of the molecule is C=CC(CC)=C(OCCN1CCCCCC1)C(=C)CC. The van der Waals surface area contributed by atoms with Crippen LogP contribution in [0.3, 0.4) is 0 Å². The van der Waals surface area contributed by atoms with Crippen LogP contribution in [0, 0.1) is 0 Å². The van der Waals surface area contributed by atoms with Gasteiger partial charge in [0.2, 0.25) is 0 Å². The van der Waals surface area contributed by atoms with Crippen LogP contribution in [0.1, 0.15) is 52.4 Å². The summed E-state index contributed by atoms with van der Waals surface area (Å²) in [7, 11) is 0. The van der Waals surface area contributed by atoms with E-state index in [4.69, 9.17) is 4.74 Å². The van der Waals surface area contributed by atoms with Gasteiger partial charge in [0.25, 0.3) is 0 Å². The summed E-state index contributed by atoms with van der Waals surface area (Å²) in [6.45, 7) is 16.5. The second-order valence-electron chi connectivity index (χ2n) is 5.47. The summed E-state index contributed by atoms with van der Waals surface area (Å²) in [5, 5.41) is 0. The summed E-state index contributed by atoms with van der Waals surface area (Å²) >= 11 is 0. The van der Waals surface area contributed by atoms with Crippen LogP contribution in [-0.4, -0.2) is 31.1 Å². The number of allylic oxidation sites excluding steroid dienone is 3. The quantitative estimate of drug-likeness (QED) is 0.471. The maximum absolute atomic E-state index is 6.05. The topological polar surface area (TPSA) is 12.5 Å². The highest BCUT2D eigenvalue weighted by molar-refractivity contribution is 5.33. The summed E-state index contributed by atoms with van der Waals surface area (Å²) < 4.78 is 6.05. The number of hydrogen-bond acceptors (Lipinski definition) is 2. The third-order valence-electron chi connectivity index (χ3n) is 4.02. The Morgan fingerprint density at radius 1 is 1.10 bits per heavy atom. The van der Waals surface area contributed by atoms with Crippen molar-refractivity contribution in [3.05, 3.63) is 36.1 Å². The van der Waals surface area contributed by atoms with Crippen LogP contribution in [0.15, 0.2) is 36.1 Å². The molecule has 1 heterocycles. The Labute approximate surface area is 125 Å². The second-order valence-corrected chi connectivity index (χ2v) is 5.47. The largest absolute Gasteiger partial charge is 0.492 e. The molecule has 0 aliphatic carbocycles. The Morgan fingerprint density at radius 3 is 2.25 bits per heavy atom. The summed E-state index contributed by atoms with van der Waals surface area (Å²) in [5.74, 6) is 0.972. The molecule has 2 heteroatoms. The van der Waals surface area contributed by atoms with E-state index in [-0.39, 0.29) is 0 Å². The van der Waals surface area contributed by atoms with Crippen molar-refractivity contribution in [3.63, 3.8) is 0 Å². The molecule has 114 valence electrons. The molecular weight excluding hydrogens is 246 g/mol. The number of hydrogen-bond donors (Lipinski definition) is 0. The van der Waals surface area contributed by atoms with Crippen molar-refractivity contribution in [3.8, 4) is 0 Å². The zero-order chi connectivity index (χ0) is 14.8. The molecule has 1 saturated heterocycles. The molecule has 0 aromatic rings. The molecule has 1 aliphatic heterocycles. The van der Waals surface area contributed by atoms with Gasteiger partial charge in [-0.2, -0.15) is 0 Å². The molecule has 1 aliphatic rings. The van der Waals surface area contributed by atoms with Crippen LogP contribution in [-0.2, 0) is 4.74 Å². The van der Waals surface area contributed by atoms with Crippen molar-refractivity contribution in [2.75, 3.05) is 26.2 Å². The zero-order valence-electron chi connectivity index (χ0n) is 13.4. The number of ether oxygens (including phenoxy) is 1. The Hall–Kier alpha value is -1.02. The molecule has 0 radical (unpaired) electrons. The predicted molar refractivity (Wildman–Crippen MR) is 87.8 cm³/mol. The van der Waals surface area contributed by atoms with Crippen LogP contribution in [0.2, 0.25) is 0 Å². The van der Waals surface area contributed by atoms with Gasteiger partial charge in [-0.1, -0.05) is 45.9 Å². The van der Waals surface area contributed by atoms with E-state index in [0.717, 1.165) is 37.3 Å². The fourth-order valence-corrected chi connectivity index (χ4v) is 2.62. The van der Waals surface area contributed by atoms with Crippen molar-refractivity contribution >= 4 is 0 Å². The maximum atomic E-state index is 6.05. The molecule has 1 rings (SSSR count). The highest BCUT2D eigenvalue weighted by atomic mass is 16.5. The monoisotopic (exact) mass is 277 g/mol. The van der Waals surface area contributed by atoms with Crippen LogP contribution in [0.5, 0.6) is 0 Å². The summed E-state index contributed by atoms with van der Waals surface area (Å²) in [6, 6.07) is 0. The third kappa shape index (κ3) is 5.54. The van der Waals surface area contributed by atoms with Gasteiger partial charge in [-0.25, -0.2) is 0 Å². The number of likely N-dealkylation sites (tertiary alicyclic amines) is 1. The van der Waals surface area contributed by atoms with Gasteiger partial charge in [0.1, 0.15) is 12.4 Å². The minimum atomic E-state index is 0.756. The van der Waals surface area contributed by atoms with E-state index in [2.05, 4.69) is 31.9 Å². The van der Waals surface area contributed by atoms with Crippen molar-refractivity contribution in [1.29, 1.82) is 0 Å². The summed E-state index contributed by atoms with van der Waals surface area (Å²) in [6.07, 6.45) is 9.20. The highest BCUT2D eigenvalue weighted by Gasteiger charge is 2.11. The van der Waals surface area contributed by atoms with E-state index < -0.39 is 0 Å². The summed E-state index contributed by atoms with van der Waals surface area (Å²) in [5.41, 5.74) is 2.25. The van der Waals surface area contributed by atoms with Crippen LogP contribution < -0.4 is 0 Å². The first-order chi connectivity index (χ1) is 9.72. The fraction of sp³-hybridized carbons (Fsp3) is 0.667. The van der Waals surface area contributed by atoms with Crippen molar-refractivity contribution in [1.82, 2.24) is 4.90 Å². The van der Waals surface area contributed by atoms with E-state index in [9.17, 15) is 0 Å². The van der Waals surface area contributed by atoms with Crippen LogP contribution >= 0.6 is 0 Å². The zero-order valence-corrected chi connectivity index (χ0v) is 13.4. The van der Waals surface area contributed by atoms with Crippen molar-refractivity contribution in [2.45, 2.75) is 52.4 Å². The molecule has 0 unspecified atom stereocenters. The first kappa shape index (κ1) is 17.0. The lowest BCUT2D eigenvalue weighted by Crippen LogP contribution is -2.28. The average molecular weight is 277 g/mol. The first-order valence-corrected chi connectivity index (χ1v) is 8.11. The Kier molecular flexibility index (Phi) is 8.36. The van der Waals surface area contributed by atoms with Crippen molar-refractivity contribution < 1.29 is 4.74 Å². The van der Waals surface area contributed by atoms with Crippen molar-refractivity contribution in [2.24, 2.45) is 0 Å². The normalized spacial score (nSPS) is 18.1. The number of rotatable bonds is 8. The highest BCUT2D eigenvalue weighted by Crippen LogP contribution is 2.21. The molecule has 0 aromatic heterocycles. The standard InChI is InChI=1S/C18H31NO/c1-5-16(4)18(17(6-2)7-3)20-15-14-19-12-10-8-9-11-13-19/h6H,2,4-5,7-15H2,1,3H3. The van der Waals surface area contributed by atoms with E-state index in [1.54, 1.807) is 0 Å². The minimum Gasteiger partial charge on any atom is -0.492 e. The average Bonchev–Trinajstić information content (AvgIpc) is 2.74. The van der Waals surface area contributed by atoms with E-state index in [0.29, 0.717) is 0 Å². The molecule has 20 heavy (non-hydrogen) atoms. The molecule has 0 bridgehead atoms. The molecule has 0 atom stereocenters. The van der Waals surface area contributed by atoms with Gasteiger partial charge in [0.05, 0.1) is 0 Å². The molecule has 1 fully saturated rings. The lowest BCUT2D eigenvalue weighted by atomic mass is 10.1. The van der Waals surface area contributed by atoms with Gasteiger partial charge >= 0.3 is 0 Å². The molecular formula is C18H31NO. The molecule has 0 aromatic carbocycles. The molecule has 2 nitrogen and oxygen atoms in total. The van der Waals surface area contributed by atoms with E-state index in [1.165, 1.54) is 44.3 Å². The number of nitrogens with zero attached hydrogens (tertiary/aromatic N) is 1. The van der Waals surface area contributed by atoms with Crippen LogP contribution in [0.25, 0.3) is 0 Å². The van der Waals surface area contributed by atoms with Gasteiger partial charge in [0.15, 0.2) is 0 Å². The van der Waals surface area contributed by atoms with E-state index >= 15 is 0 Å². The lowest BCUT2D eigenvalue weighted by Gasteiger charge is -2.21. The van der Waals surface area contributed by atoms with Gasteiger partial charge in [0, 0.05) is 6.54 Å². The molecule has 0 N–H and O–H groups in total. The van der Waals surface area contributed by atoms with Gasteiger partial charge in [-0.05, 0) is 49.9 Å². The van der Waals surface area contributed by atoms with Crippen LogP contribution in [0.4, 0.5) is 0 Å². The molecule has 0 saturated carbocycles. The minimum absolute atomic E-state index is 0.756. The van der Waals surface area contributed by atoms with Gasteiger partial charge in [-0.3, -0.25) is 4.90 Å². The maximum Gasteiger partial charge on any atom is 0.125 e. The molecule has 0 spiro atoms.